The maximum Gasteiger partial charge on any atom is 0.184 e. The maximum absolute atomic E-state index is 9.08. The smallest absolute Gasteiger partial charge is 0.184 e. The van der Waals surface area contributed by atoms with Crippen LogP contribution in [0.3, 0.4) is 0 Å². The van der Waals surface area contributed by atoms with Crippen molar-refractivity contribution in [2.45, 2.75) is 26.9 Å². The van der Waals surface area contributed by atoms with Gasteiger partial charge < -0.3 is 19.9 Å². The second kappa shape index (κ2) is 6.27. The summed E-state index contributed by atoms with van der Waals surface area (Å²) in [6.45, 7) is 6.42. The van der Waals surface area contributed by atoms with Crippen LogP contribution in [0.25, 0.3) is 0 Å². The number of aromatic nitrogens is 2. The van der Waals surface area contributed by atoms with E-state index in [-0.39, 0.29) is 6.61 Å². The second-order valence-electron chi connectivity index (χ2n) is 5.28. The van der Waals surface area contributed by atoms with Gasteiger partial charge in [0.1, 0.15) is 13.2 Å². The van der Waals surface area contributed by atoms with E-state index in [0.717, 1.165) is 34.1 Å². The van der Waals surface area contributed by atoms with Crippen LogP contribution in [0.15, 0.2) is 18.2 Å². The molecule has 1 aromatic heterocycles. The van der Waals surface area contributed by atoms with Crippen molar-refractivity contribution in [2.24, 2.45) is 0 Å². The van der Waals surface area contributed by atoms with E-state index in [4.69, 9.17) is 14.6 Å². The molecule has 0 atom stereocenters. The molecule has 2 heterocycles. The Labute approximate surface area is 129 Å². The highest BCUT2D eigenvalue weighted by atomic mass is 16.6. The van der Waals surface area contributed by atoms with Crippen molar-refractivity contribution < 1.29 is 14.6 Å². The Morgan fingerprint density at radius 3 is 2.91 bits per heavy atom. The summed E-state index contributed by atoms with van der Waals surface area (Å²) in [7, 11) is 0. The Kier molecular flexibility index (Phi) is 4.20. The molecule has 0 aliphatic carbocycles. The van der Waals surface area contributed by atoms with Crippen LogP contribution in [-0.2, 0) is 13.1 Å². The summed E-state index contributed by atoms with van der Waals surface area (Å²) in [5.74, 6) is 1.55. The average molecular weight is 303 g/mol. The molecule has 0 saturated heterocycles. The molecule has 6 nitrogen and oxygen atoms in total. The molecule has 3 rings (SSSR count). The molecular weight excluding hydrogens is 282 g/mol. The summed E-state index contributed by atoms with van der Waals surface area (Å²) < 4.78 is 13.1. The van der Waals surface area contributed by atoms with E-state index in [1.165, 1.54) is 0 Å². The fourth-order valence-corrected chi connectivity index (χ4v) is 2.70. The first-order chi connectivity index (χ1) is 10.7. The van der Waals surface area contributed by atoms with Crippen molar-refractivity contribution in [1.29, 1.82) is 0 Å². The fraction of sp³-hybridized carbons (Fsp3) is 0.438. The van der Waals surface area contributed by atoms with Gasteiger partial charge in [-0.3, -0.25) is 4.68 Å². The van der Waals surface area contributed by atoms with Crippen LogP contribution in [0, 0.1) is 13.8 Å². The lowest BCUT2D eigenvalue weighted by atomic mass is 10.2. The van der Waals surface area contributed by atoms with E-state index in [9.17, 15) is 0 Å². The van der Waals surface area contributed by atoms with Crippen LogP contribution in [0.5, 0.6) is 11.5 Å². The third-order valence-corrected chi connectivity index (χ3v) is 3.86. The molecule has 2 aromatic rings. The molecule has 0 amide bonds. The Hall–Kier alpha value is -2.21. The first-order valence-corrected chi connectivity index (χ1v) is 7.47. The van der Waals surface area contributed by atoms with Gasteiger partial charge in [-0.15, -0.1) is 0 Å². The zero-order valence-corrected chi connectivity index (χ0v) is 12.9. The minimum absolute atomic E-state index is 0.0895. The molecule has 1 aliphatic heterocycles. The van der Waals surface area contributed by atoms with Gasteiger partial charge in [0.05, 0.1) is 24.5 Å². The topological polar surface area (TPSA) is 68.5 Å². The molecular formula is C16H21N3O3. The highest BCUT2D eigenvalue weighted by Crippen LogP contribution is 2.37. The van der Waals surface area contributed by atoms with Crippen molar-refractivity contribution in [3.05, 3.63) is 35.2 Å². The quantitative estimate of drug-likeness (QED) is 0.882. The molecule has 6 heteroatoms. The van der Waals surface area contributed by atoms with E-state index in [1.807, 2.05) is 36.7 Å². The van der Waals surface area contributed by atoms with Crippen LogP contribution in [0.2, 0.25) is 0 Å². The van der Waals surface area contributed by atoms with E-state index >= 15 is 0 Å². The van der Waals surface area contributed by atoms with Crippen LogP contribution in [0.4, 0.5) is 5.69 Å². The summed E-state index contributed by atoms with van der Waals surface area (Å²) in [6, 6.07) is 5.84. The van der Waals surface area contributed by atoms with Gasteiger partial charge in [-0.05, 0) is 26.0 Å². The number of aryl methyl sites for hydroxylation is 1. The Morgan fingerprint density at radius 2 is 2.09 bits per heavy atom. The molecule has 0 radical (unpaired) electrons. The number of anilines is 1. The van der Waals surface area contributed by atoms with E-state index in [1.54, 1.807) is 0 Å². The van der Waals surface area contributed by atoms with Crippen LogP contribution >= 0.6 is 0 Å². The minimum atomic E-state index is 0.0895. The number of hydrogen-bond acceptors (Lipinski definition) is 5. The monoisotopic (exact) mass is 303 g/mol. The molecule has 1 aromatic carbocycles. The van der Waals surface area contributed by atoms with Gasteiger partial charge in [0.15, 0.2) is 11.5 Å². The predicted octanol–water partition coefficient (Wildman–Crippen LogP) is 1.88. The number of fused-ring (bicyclic) bond motifs is 1. The average Bonchev–Trinajstić information content (AvgIpc) is 2.80. The van der Waals surface area contributed by atoms with Crippen molar-refractivity contribution in [1.82, 2.24) is 9.78 Å². The largest absolute Gasteiger partial charge is 0.486 e. The number of ether oxygens (including phenoxy) is 2. The molecule has 0 spiro atoms. The summed E-state index contributed by atoms with van der Waals surface area (Å²) in [5, 5.41) is 16.9. The van der Waals surface area contributed by atoms with Gasteiger partial charge in [-0.1, -0.05) is 6.07 Å². The zero-order chi connectivity index (χ0) is 15.5. The molecule has 22 heavy (non-hydrogen) atoms. The van der Waals surface area contributed by atoms with E-state index in [0.29, 0.717) is 26.3 Å². The van der Waals surface area contributed by atoms with Gasteiger partial charge in [0.25, 0.3) is 0 Å². The number of nitrogens with one attached hydrogen (secondary N) is 1. The first kappa shape index (κ1) is 14.7. The van der Waals surface area contributed by atoms with Crippen molar-refractivity contribution in [2.75, 3.05) is 25.1 Å². The lowest BCUT2D eigenvalue weighted by Crippen LogP contribution is -2.16. The van der Waals surface area contributed by atoms with Crippen LogP contribution in [-0.4, -0.2) is 34.7 Å². The standard InChI is InChI=1S/C16H21N3O3/c1-11-13(12(2)19(18-11)6-7-20)10-17-14-4-3-5-15-16(14)22-9-8-21-15/h3-5,17,20H,6-10H2,1-2H3. The second-order valence-corrected chi connectivity index (χ2v) is 5.28. The van der Waals surface area contributed by atoms with Crippen molar-refractivity contribution in [3.8, 4) is 11.5 Å². The molecule has 0 bridgehead atoms. The van der Waals surface area contributed by atoms with Crippen molar-refractivity contribution >= 4 is 5.69 Å². The maximum atomic E-state index is 9.08. The lowest BCUT2D eigenvalue weighted by Gasteiger charge is -2.21. The number of nitrogens with zero attached hydrogens (tertiary/aromatic N) is 2. The summed E-state index contributed by atoms with van der Waals surface area (Å²) in [4.78, 5) is 0. The number of hydrogen-bond donors (Lipinski definition) is 2. The van der Waals surface area contributed by atoms with Crippen LogP contribution in [0.1, 0.15) is 17.0 Å². The fourth-order valence-electron chi connectivity index (χ4n) is 2.70. The SMILES string of the molecule is Cc1nn(CCO)c(C)c1CNc1cccc2c1OCCO2. The summed E-state index contributed by atoms with van der Waals surface area (Å²) in [5.41, 5.74) is 4.11. The van der Waals surface area contributed by atoms with E-state index < -0.39 is 0 Å². The first-order valence-electron chi connectivity index (χ1n) is 7.47. The van der Waals surface area contributed by atoms with Gasteiger partial charge in [-0.2, -0.15) is 5.10 Å². The molecule has 0 saturated carbocycles. The highest BCUT2D eigenvalue weighted by molar-refractivity contribution is 5.63. The van der Waals surface area contributed by atoms with E-state index in [2.05, 4.69) is 10.4 Å². The normalized spacial score (nSPS) is 13.2. The molecule has 2 N–H and O–H groups in total. The Morgan fingerprint density at radius 1 is 1.27 bits per heavy atom. The summed E-state index contributed by atoms with van der Waals surface area (Å²) >= 11 is 0. The molecule has 118 valence electrons. The van der Waals surface area contributed by atoms with Gasteiger partial charge >= 0.3 is 0 Å². The van der Waals surface area contributed by atoms with Crippen LogP contribution < -0.4 is 14.8 Å². The third kappa shape index (κ3) is 2.74. The number of benzene rings is 1. The molecule has 1 aliphatic rings. The summed E-state index contributed by atoms with van der Waals surface area (Å²) in [6.07, 6.45) is 0. The van der Waals surface area contributed by atoms with Crippen molar-refractivity contribution in [3.63, 3.8) is 0 Å². The number of para-hydroxylation sites is 1. The number of aliphatic hydroxyl groups is 1. The minimum Gasteiger partial charge on any atom is -0.486 e. The Balaban J connectivity index is 1.79. The lowest BCUT2D eigenvalue weighted by molar-refractivity contribution is 0.172. The van der Waals surface area contributed by atoms with Gasteiger partial charge in [0, 0.05) is 17.8 Å². The number of rotatable bonds is 5. The molecule has 0 unspecified atom stereocenters. The van der Waals surface area contributed by atoms with Gasteiger partial charge in [0.2, 0.25) is 0 Å². The number of aliphatic hydroxyl groups excluding tert-OH is 1. The highest BCUT2D eigenvalue weighted by Gasteiger charge is 2.17. The van der Waals surface area contributed by atoms with Gasteiger partial charge in [-0.25, -0.2) is 0 Å². The Bertz CT molecular complexity index is 667. The predicted molar refractivity (Wildman–Crippen MR) is 83.5 cm³/mol. The third-order valence-electron chi connectivity index (χ3n) is 3.86. The molecule has 0 fully saturated rings. The zero-order valence-electron chi connectivity index (χ0n) is 12.9.